The van der Waals surface area contributed by atoms with Gasteiger partial charge in [-0.05, 0) is 78.9 Å². The number of amides is 1. The Kier molecular flexibility index (Phi) is 7.33. The molecule has 30 heavy (non-hydrogen) atoms. The maximum Gasteiger partial charge on any atom is 0.251 e. The van der Waals surface area contributed by atoms with Crippen molar-refractivity contribution >= 4 is 5.91 Å². The van der Waals surface area contributed by atoms with Gasteiger partial charge in [0, 0.05) is 18.2 Å². The minimum absolute atomic E-state index is 0.130. The van der Waals surface area contributed by atoms with Crippen molar-refractivity contribution in [2.75, 3.05) is 13.1 Å². The second-order valence-corrected chi connectivity index (χ2v) is 7.57. The van der Waals surface area contributed by atoms with Crippen LogP contribution in [0.1, 0.15) is 28.8 Å². The molecular weight excluding hydrogens is 377 g/mol. The third-order valence-corrected chi connectivity index (χ3v) is 5.06. The first-order chi connectivity index (χ1) is 14.5. The molecule has 1 atom stereocenters. The molecule has 0 saturated heterocycles. The monoisotopic (exact) mass is 405 g/mol. The summed E-state index contributed by atoms with van der Waals surface area (Å²) in [7, 11) is 0. The second-order valence-electron chi connectivity index (χ2n) is 7.57. The number of nitrogens with one attached hydrogen (secondary N) is 1. The van der Waals surface area contributed by atoms with Crippen LogP contribution in [0.15, 0.2) is 66.7 Å². The zero-order chi connectivity index (χ0) is 21.5. The fourth-order valence-corrected chi connectivity index (χ4v) is 3.29. The topological polar surface area (TPSA) is 81.1 Å². The molecule has 3 aromatic carbocycles. The molecule has 0 aromatic heterocycles. The number of nitrogens with two attached hydrogens (primary N) is 2. The van der Waals surface area contributed by atoms with E-state index in [0.29, 0.717) is 18.7 Å². The highest BCUT2D eigenvalue weighted by Gasteiger charge is 2.12. The molecule has 0 aliphatic carbocycles. The van der Waals surface area contributed by atoms with Crippen LogP contribution in [0.3, 0.4) is 0 Å². The minimum atomic E-state index is -0.294. The van der Waals surface area contributed by atoms with E-state index in [1.165, 1.54) is 12.1 Å². The first kappa shape index (κ1) is 21.7. The van der Waals surface area contributed by atoms with Crippen molar-refractivity contribution < 1.29 is 9.18 Å². The molecule has 0 heterocycles. The van der Waals surface area contributed by atoms with E-state index in [9.17, 15) is 9.18 Å². The summed E-state index contributed by atoms with van der Waals surface area (Å²) in [5.74, 6) is -0.478. The van der Waals surface area contributed by atoms with Gasteiger partial charge in [-0.3, -0.25) is 4.79 Å². The number of halogens is 1. The molecule has 0 radical (unpaired) electrons. The van der Waals surface area contributed by atoms with Gasteiger partial charge in [-0.2, -0.15) is 0 Å². The Bertz CT molecular complexity index is 921. The highest BCUT2D eigenvalue weighted by atomic mass is 19.1. The Labute approximate surface area is 177 Å². The van der Waals surface area contributed by atoms with Crippen LogP contribution in [-0.4, -0.2) is 25.0 Å². The van der Waals surface area contributed by atoms with Gasteiger partial charge in [0.15, 0.2) is 0 Å². The van der Waals surface area contributed by atoms with Crippen molar-refractivity contribution in [2.45, 2.75) is 25.8 Å². The van der Waals surface area contributed by atoms with E-state index >= 15 is 0 Å². The minimum Gasteiger partial charge on any atom is -0.350 e. The Hall–Kier alpha value is -3.02. The molecule has 3 rings (SSSR count). The molecule has 5 N–H and O–H groups in total. The summed E-state index contributed by atoms with van der Waals surface area (Å²) in [6.07, 6.45) is 1.59. The van der Waals surface area contributed by atoms with Gasteiger partial charge in [-0.25, -0.2) is 4.39 Å². The van der Waals surface area contributed by atoms with Crippen LogP contribution in [0.25, 0.3) is 22.3 Å². The average molecular weight is 406 g/mol. The zero-order valence-electron chi connectivity index (χ0n) is 17.2. The maximum absolute atomic E-state index is 13.4. The van der Waals surface area contributed by atoms with Gasteiger partial charge in [0.05, 0.1) is 0 Å². The van der Waals surface area contributed by atoms with Crippen LogP contribution >= 0.6 is 0 Å². The summed E-state index contributed by atoms with van der Waals surface area (Å²) in [6.45, 7) is 3.01. The number of carbonyl (C=O) groups is 1. The molecule has 0 aliphatic heterocycles. The van der Waals surface area contributed by atoms with Crippen molar-refractivity contribution in [3.8, 4) is 22.3 Å². The summed E-state index contributed by atoms with van der Waals surface area (Å²) in [5.41, 5.74) is 16.9. The van der Waals surface area contributed by atoms with E-state index in [4.69, 9.17) is 11.5 Å². The van der Waals surface area contributed by atoms with Crippen molar-refractivity contribution in [3.05, 3.63) is 83.7 Å². The lowest BCUT2D eigenvalue weighted by Crippen LogP contribution is -2.37. The third-order valence-electron chi connectivity index (χ3n) is 5.06. The number of hydrogen-bond acceptors (Lipinski definition) is 3. The highest BCUT2D eigenvalue weighted by molar-refractivity contribution is 5.97. The predicted octanol–water partition coefficient (Wildman–Crippen LogP) is 4.26. The third kappa shape index (κ3) is 5.75. The Morgan fingerprint density at radius 3 is 2.07 bits per heavy atom. The molecule has 0 bridgehead atoms. The largest absolute Gasteiger partial charge is 0.350 e. The van der Waals surface area contributed by atoms with E-state index in [1.807, 2.05) is 49.4 Å². The molecule has 156 valence electrons. The number of benzene rings is 3. The molecule has 0 aliphatic rings. The normalized spacial score (nSPS) is 11.9. The Morgan fingerprint density at radius 1 is 0.933 bits per heavy atom. The lowest BCUT2D eigenvalue weighted by Gasteiger charge is -2.14. The average Bonchev–Trinajstić information content (AvgIpc) is 2.76. The number of aryl methyl sites for hydroxylation is 1. The quantitative estimate of drug-likeness (QED) is 0.524. The van der Waals surface area contributed by atoms with Gasteiger partial charge in [0.1, 0.15) is 5.82 Å². The van der Waals surface area contributed by atoms with E-state index in [0.717, 1.165) is 40.7 Å². The van der Waals surface area contributed by atoms with E-state index < -0.39 is 0 Å². The van der Waals surface area contributed by atoms with Crippen LogP contribution in [0.5, 0.6) is 0 Å². The smallest absolute Gasteiger partial charge is 0.251 e. The number of hydrogen-bond donors (Lipinski definition) is 3. The van der Waals surface area contributed by atoms with Gasteiger partial charge >= 0.3 is 0 Å². The maximum atomic E-state index is 13.4. The molecule has 3 aromatic rings. The summed E-state index contributed by atoms with van der Waals surface area (Å²) >= 11 is 0. The standard InChI is InChI=1S/C25H28FN3O/c1-17-4-6-18(7-5-17)20-13-21(19-8-10-23(26)11-9-19)15-22(14-20)25(30)29-16-24(28)3-2-12-27/h4-11,13-15,24H,2-3,12,16,27-28H2,1H3,(H,29,30)/t24-/m0/s1. The highest BCUT2D eigenvalue weighted by Crippen LogP contribution is 2.29. The summed E-state index contributed by atoms with van der Waals surface area (Å²) < 4.78 is 13.4. The van der Waals surface area contributed by atoms with Crippen LogP contribution in [0.2, 0.25) is 0 Å². The molecule has 5 heteroatoms. The SMILES string of the molecule is Cc1ccc(-c2cc(C(=O)NC[C@@H](N)CCCN)cc(-c3ccc(F)cc3)c2)cc1. The van der Waals surface area contributed by atoms with E-state index in [-0.39, 0.29) is 17.8 Å². The first-order valence-corrected chi connectivity index (χ1v) is 10.2. The van der Waals surface area contributed by atoms with Crippen LogP contribution in [0, 0.1) is 12.7 Å². The molecule has 0 spiro atoms. The summed E-state index contributed by atoms with van der Waals surface area (Å²) in [4.78, 5) is 12.8. The predicted molar refractivity (Wildman–Crippen MR) is 121 cm³/mol. The second kappa shape index (κ2) is 10.1. The molecule has 0 unspecified atom stereocenters. The molecular formula is C25H28FN3O. The molecule has 1 amide bonds. The fraction of sp³-hybridized carbons (Fsp3) is 0.240. The lowest BCUT2D eigenvalue weighted by molar-refractivity contribution is 0.0951. The van der Waals surface area contributed by atoms with Crippen molar-refractivity contribution in [2.24, 2.45) is 11.5 Å². The van der Waals surface area contributed by atoms with Crippen molar-refractivity contribution in [1.82, 2.24) is 5.32 Å². The Balaban J connectivity index is 1.92. The van der Waals surface area contributed by atoms with Crippen LogP contribution in [0.4, 0.5) is 4.39 Å². The molecule has 0 saturated carbocycles. The van der Waals surface area contributed by atoms with Crippen molar-refractivity contribution in [1.29, 1.82) is 0 Å². The van der Waals surface area contributed by atoms with Crippen LogP contribution < -0.4 is 16.8 Å². The van der Waals surface area contributed by atoms with Gasteiger partial charge in [-0.1, -0.05) is 42.0 Å². The van der Waals surface area contributed by atoms with Crippen LogP contribution in [-0.2, 0) is 0 Å². The first-order valence-electron chi connectivity index (χ1n) is 10.2. The van der Waals surface area contributed by atoms with Crippen molar-refractivity contribution in [3.63, 3.8) is 0 Å². The van der Waals surface area contributed by atoms with Gasteiger partial charge < -0.3 is 16.8 Å². The summed E-state index contributed by atoms with van der Waals surface area (Å²) in [5, 5.41) is 2.92. The van der Waals surface area contributed by atoms with E-state index in [1.54, 1.807) is 12.1 Å². The number of rotatable bonds is 8. The summed E-state index contributed by atoms with van der Waals surface area (Å²) in [6, 6.07) is 20.0. The molecule has 0 fully saturated rings. The van der Waals surface area contributed by atoms with Gasteiger partial charge in [0.25, 0.3) is 5.91 Å². The fourth-order valence-electron chi connectivity index (χ4n) is 3.29. The van der Waals surface area contributed by atoms with Gasteiger partial charge in [-0.15, -0.1) is 0 Å². The molecule has 4 nitrogen and oxygen atoms in total. The Morgan fingerprint density at radius 2 is 1.50 bits per heavy atom. The zero-order valence-corrected chi connectivity index (χ0v) is 17.2. The van der Waals surface area contributed by atoms with E-state index in [2.05, 4.69) is 5.32 Å². The van der Waals surface area contributed by atoms with Gasteiger partial charge in [0.2, 0.25) is 0 Å². The number of carbonyl (C=O) groups excluding carboxylic acids is 1. The lowest BCUT2D eigenvalue weighted by atomic mass is 9.95.